The van der Waals surface area contributed by atoms with Crippen LogP contribution in [0.5, 0.6) is 0 Å². The summed E-state index contributed by atoms with van der Waals surface area (Å²) in [5, 5.41) is 3.57. The minimum Gasteiger partial charge on any atom is -0.371 e. The average Bonchev–Trinajstić information content (AvgIpc) is 2.41. The first-order valence-corrected chi connectivity index (χ1v) is 8.59. The zero-order valence-electron chi connectivity index (χ0n) is 13.0. The maximum Gasteiger partial charge on any atom is 0.0423 e. The molecule has 0 aliphatic carbocycles. The van der Waals surface area contributed by atoms with E-state index in [1.165, 1.54) is 41.7 Å². The third kappa shape index (κ3) is 4.49. The van der Waals surface area contributed by atoms with Gasteiger partial charge in [-0.05, 0) is 48.9 Å². The smallest absolute Gasteiger partial charge is 0.0423 e. The molecule has 1 aliphatic heterocycles. The van der Waals surface area contributed by atoms with Crippen molar-refractivity contribution in [1.82, 2.24) is 5.32 Å². The molecule has 1 aromatic rings. The Morgan fingerprint density at radius 2 is 2.00 bits per heavy atom. The molecule has 0 amide bonds. The van der Waals surface area contributed by atoms with Crippen molar-refractivity contribution in [3.8, 4) is 0 Å². The monoisotopic (exact) mass is 338 g/mol. The molecule has 2 rings (SSSR count). The number of rotatable bonds is 5. The maximum absolute atomic E-state index is 3.62. The summed E-state index contributed by atoms with van der Waals surface area (Å²) in [7, 11) is 0. The predicted octanol–water partition coefficient (Wildman–Crippen LogP) is 4.43. The van der Waals surface area contributed by atoms with Crippen LogP contribution in [0.1, 0.15) is 39.2 Å². The van der Waals surface area contributed by atoms with Gasteiger partial charge >= 0.3 is 0 Å². The normalized spacial score (nSPS) is 16.9. The molecule has 0 unspecified atom stereocenters. The van der Waals surface area contributed by atoms with Gasteiger partial charge in [0.05, 0.1) is 0 Å². The number of piperidine rings is 1. The van der Waals surface area contributed by atoms with Crippen LogP contribution in [0, 0.1) is 11.8 Å². The molecule has 0 radical (unpaired) electrons. The number of anilines is 1. The van der Waals surface area contributed by atoms with Crippen LogP contribution in [0.4, 0.5) is 5.69 Å². The molecule has 3 heteroatoms. The first kappa shape index (κ1) is 15.8. The number of halogens is 1. The quantitative estimate of drug-likeness (QED) is 0.854. The number of nitrogens with zero attached hydrogens (tertiary/aromatic N) is 1. The van der Waals surface area contributed by atoms with Crippen LogP contribution in [0.25, 0.3) is 0 Å². The second kappa shape index (κ2) is 7.46. The van der Waals surface area contributed by atoms with Crippen LogP contribution in [0.2, 0.25) is 0 Å². The molecule has 20 heavy (non-hydrogen) atoms. The predicted molar refractivity (Wildman–Crippen MR) is 91.3 cm³/mol. The molecule has 0 aromatic heterocycles. The summed E-state index contributed by atoms with van der Waals surface area (Å²) in [5.41, 5.74) is 2.82. The molecular formula is C17H27BrN2. The lowest BCUT2D eigenvalue weighted by Gasteiger charge is -2.33. The van der Waals surface area contributed by atoms with E-state index in [9.17, 15) is 0 Å². The van der Waals surface area contributed by atoms with Gasteiger partial charge in [-0.1, -0.05) is 42.8 Å². The molecule has 1 aromatic carbocycles. The van der Waals surface area contributed by atoms with Crippen molar-refractivity contribution in [1.29, 1.82) is 0 Å². The third-order valence-corrected chi connectivity index (χ3v) is 4.53. The highest BCUT2D eigenvalue weighted by Gasteiger charge is 2.18. The Hall–Kier alpha value is -0.540. The standard InChI is InChI=1S/C17H27BrN2/c1-13(2)11-19-12-15-4-5-16(18)10-17(15)20-8-6-14(3)7-9-20/h4-5,10,13-14,19H,6-9,11-12H2,1-3H3. The van der Waals surface area contributed by atoms with Crippen molar-refractivity contribution in [2.75, 3.05) is 24.5 Å². The summed E-state index contributed by atoms with van der Waals surface area (Å²) >= 11 is 3.62. The van der Waals surface area contributed by atoms with Gasteiger partial charge in [-0.3, -0.25) is 0 Å². The lowest BCUT2D eigenvalue weighted by atomic mass is 9.98. The van der Waals surface area contributed by atoms with E-state index >= 15 is 0 Å². The van der Waals surface area contributed by atoms with Crippen LogP contribution in [-0.2, 0) is 6.54 Å². The van der Waals surface area contributed by atoms with Crippen LogP contribution in [0.3, 0.4) is 0 Å². The highest BCUT2D eigenvalue weighted by atomic mass is 79.9. The van der Waals surface area contributed by atoms with Crippen molar-refractivity contribution < 1.29 is 0 Å². The van der Waals surface area contributed by atoms with Crippen molar-refractivity contribution >= 4 is 21.6 Å². The van der Waals surface area contributed by atoms with E-state index in [4.69, 9.17) is 0 Å². The fourth-order valence-corrected chi connectivity index (χ4v) is 3.07. The number of nitrogens with one attached hydrogen (secondary N) is 1. The minimum atomic E-state index is 0.699. The van der Waals surface area contributed by atoms with Crippen LogP contribution in [0.15, 0.2) is 22.7 Å². The lowest BCUT2D eigenvalue weighted by Crippen LogP contribution is -2.34. The van der Waals surface area contributed by atoms with Gasteiger partial charge in [0.25, 0.3) is 0 Å². The highest BCUT2D eigenvalue weighted by molar-refractivity contribution is 9.10. The average molecular weight is 339 g/mol. The van der Waals surface area contributed by atoms with Gasteiger partial charge in [-0.25, -0.2) is 0 Å². The zero-order chi connectivity index (χ0) is 14.5. The molecule has 0 spiro atoms. The Morgan fingerprint density at radius 1 is 1.30 bits per heavy atom. The fourth-order valence-electron chi connectivity index (χ4n) is 2.73. The molecule has 2 nitrogen and oxygen atoms in total. The Labute approximate surface area is 132 Å². The second-order valence-corrected chi connectivity index (χ2v) is 7.38. The van der Waals surface area contributed by atoms with E-state index in [2.05, 4.69) is 65.1 Å². The van der Waals surface area contributed by atoms with E-state index in [1.54, 1.807) is 0 Å². The van der Waals surface area contributed by atoms with Gasteiger partial charge in [-0.2, -0.15) is 0 Å². The van der Waals surface area contributed by atoms with Gasteiger partial charge < -0.3 is 10.2 Å². The van der Waals surface area contributed by atoms with E-state index in [0.29, 0.717) is 5.92 Å². The van der Waals surface area contributed by atoms with Gasteiger partial charge in [-0.15, -0.1) is 0 Å². The van der Waals surface area contributed by atoms with Crippen molar-refractivity contribution in [2.45, 2.75) is 40.2 Å². The van der Waals surface area contributed by atoms with Gasteiger partial charge in [0, 0.05) is 29.8 Å². The number of hydrogen-bond donors (Lipinski definition) is 1. The zero-order valence-corrected chi connectivity index (χ0v) is 14.5. The summed E-state index contributed by atoms with van der Waals surface area (Å²) in [6.07, 6.45) is 2.62. The molecular weight excluding hydrogens is 312 g/mol. The fraction of sp³-hybridized carbons (Fsp3) is 0.647. The van der Waals surface area contributed by atoms with Crippen LogP contribution >= 0.6 is 15.9 Å². The SMILES string of the molecule is CC(C)CNCc1ccc(Br)cc1N1CCC(C)CC1. The third-order valence-electron chi connectivity index (χ3n) is 4.04. The summed E-state index contributed by atoms with van der Waals surface area (Å²) in [5.74, 6) is 1.57. The lowest BCUT2D eigenvalue weighted by molar-refractivity contribution is 0.437. The first-order chi connectivity index (χ1) is 9.56. The van der Waals surface area contributed by atoms with Crippen molar-refractivity contribution in [3.63, 3.8) is 0 Å². The summed E-state index contributed by atoms with van der Waals surface area (Å²) in [6, 6.07) is 6.69. The van der Waals surface area contributed by atoms with Gasteiger partial charge in [0.15, 0.2) is 0 Å². The van der Waals surface area contributed by atoms with Crippen molar-refractivity contribution in [2.24, 2.45) is 11.8 Å². The van der Waals surface area contributed by atoms with Crippen molar-refractivity contribution in [3.05, 3.63) is 28.2 Å². The Bertz CT molecular complexity index is 423. The first-order valence-electron chi connectivity index (χ1n) is 7.80. The topological polar surface area (TPSA) is 15.3 Å². The second-order valence-electron chi connectivity index (χ2n) is 6.47. The Morgan fingerprint density at radius 3 is 2.65 bits per heavy atom. The summed E-state index contributed by atoms with van der Waals surface area (Å²) in [6.45, 7) is 11.3. The van der Waals surface area contributed by atoms with Gasteiger partial charge in [0.2, 0.25) is 0 Å². The van der Waals surface area contributed by atoms with Crippen LogP contribution in [-0.4, -0.2) is 19.6 Å². The van der Waals surface area contributed by atoms with E-state index in [0.717, 1.165) is 19.0 Å². The van der Waals surface area contributed by atoms with E-state index < -0.39 is 0 Å². The summed E-state index contributed by atoms with van der Waals surface area (Å²) in [4.78, 5) is 2.55. The molecule has 0 bridgehead atoms. The molecule has 112 valence electrons. The maximum atomic E-state index is 3.62. The molecule has 1 saturated heterocycles. The molecule has 1 aliphatic rings. The van der Waals surface area contributed by atoms with Crippen LogP contribution < -0.4 is 10.2 Å². The van der Waals surface area contributed by atoms with Gasteiger partial charge in [0.1, 0.15) is 0 Å². The van der Waals surface area contributed by atoms with E-state index in [1.807, 2.05) is 0 Å². The minimum absolute atomic E-state index is 0.699. The highest BCUT2D eigenvalue weighted by Crippen LogP contribution is 2.29. The Balaban J connectivity index is 2.07. The molecule has 1 fully saturated rings. The molecule has 1 heterocycles. The Kier molecular flexibility index (Phi) is 5.91. The molecule has 0 atom stereocenters. The number of benzene rings is 1. The van der Waals surface area contributed by atoms with E-state index in [-0.39, 0.29) is 0 Å². The molecule has 0 saturated carbocycles. The summed E-state index contributed by atoms with van der Waals surface area (Å²) < 4.78 is 1.18. The largest absolute Gasteiger partial charge is 0.371 e. The molecule has 1 N–H and O–H groups in total. The number of hydrogen-bond acceptors (Lipinski definition) is 2.